The lowest BCUT2D eigenvalue weighted by molar-refractivity contribution is -0.0804. The number of hydrogen-bond acceptors (Lipinski definition) is 2. The Balaban J connectivity index is 1.62. The number of ether oxygens (including phenoxy) is 1. The van der Waals surface area contributed by atoms with E-state index in [2.05, 4.69) is 31.9 Å². The van der Waals surface area contributed by atoms with Crippen LogP contribution in [0.5, 0.6) is 0 Å². The maximum Gasteiger partial charge on any atom is 0.130 e. The Bertz CT molecular complexity index is 624. The molecule has 1 N–H and O–H groups in total. The fourth-order valence-corrected chi connectivity index (χ4v) is 6.48. The fraction of sp³-hybridized carbons (Fsp3) is 0.727. The highest BCUT2D eigenvalue weighted by Crippen LogP contribution is 2.64. The van der Waals surface area contributed by atoms with E-state index in [1.165, 1.54) is 24.2 Å². The van der Waals surface area contributed by atoms with E-state index in [1.807, 2.05) is 0 Å². The van der Waals surface area contributed by atoms with Crippen LogP contribution in [0.2, 0.25) is 0 Å². The van der Waals surface area contributed by atoms with E-state index in [0.29, 0.717) is 17.8 Å². The van der Waals surface area contributed by atoms with Crippen LogP contribution in [0.3, 0.4) is 0 Å². The molecule has 24 heavy (non-hydrogen) atoms. The molecular weight excluding hydrogens is 296 g/mol. The number of terminal acetylenes is 1. The summed E-state index contributed by atoms with van der Waals surface area (Å²) in [5, 5.41) is 11.0. The van der Waals surface area contributed by atoms with E-state index in [0.717, 1.165) is 44.6 Å². The Morgan fingerprint density at radius 1 is 1.29 bits per heavy atom. The van der Waals surface area contributed by atoms with Crippen LogP contribution in [0, 0.1) is 41.4 Å². The standard InChI is InChI=1S/C22H30O2/c1-4-22(23)13-11-20-19-8-6-15-14-16(24-5-2)7-9-17(15)18(19)10-12-21(20,22)3/h1,6,14,17-20,23H,5,7-13H2,2-3H3. The summed E-state index contributed by atoms with van der Waals surface area (Å²) in [7, 11) is 0. The second-order valence-corrected chi connectivity index (χ2v) is 8.56. The minimum Gasteiger partial charge on any atom is -0.498 e. The molecule has 2 heteroatoms. The summed E-state index contributed by atoms with van der Waals surface area (Å²) in [6, 6.07) is 0. The molecule has 6 atom stereocenters. The zero-order chi connectivity index (χ0) is 16.9. The van der Waals surface area contributed by atoms with Crippen LogP contribution in [0.15, 0.2) is 23.5 Å². The first-order valence-corrected chi connectivity index (χ1v) is 9.76. The van der Waals surface area contributed by atoms with Gasteiger partial charge < -0.3 is 9.84 Å². The molecule has 0 heterocycles. The molecule has 130 valence electrons. The van der Waals surface area contributed by atoms with Gasteiger partial charge in [-0.25, -0.2) is 0 Å². The van der Waals surface area contributed by atoms with Crippen LogP contribution in [0.4, 0.5) is 0 Å². The normalized spacial score (nSPS) is 46.8. The molecule has 2 fully saturated rings. The summed E-state index contributed by atoms with van der Waals surface area (Å²) < 4.78 is 5.76. The first kappa shape index (κ1) is 16.3. The smallest absolute Gasteiger partial charge is 0.130 e. The fourth-order valence-electron chi connectivity index (χ4n) is 6.48. The Labute approximate surface area is 146 Å². The van der Waals surface area contributed by atoms with E-state index in [1.54, 1.807) is 0 Å². The van der Waals surface area contributed by atoms with Gasteiger partial charge in [-0.1, -0.05) is 18.9 Å². The SMILES string of the molecule is C#CC1(O)CCC2C3CC=C4C=C(OCC)CCC4C3CCC21C. The molecule has 0 aromatic carbocycles. The number of fused-ring (bicyclic) bond motifs is 5. The molecule has 0 spiro atoms. The third kappa shape index (κ3) is 2.14. The molecule has 0 radical (unpaired) electrons. The van der Waals surface area contributed by atoms with Crippen molar-refractivity contribution in [3.63, 3.8) is 0 Å². The van der Waals surface area contributed by atoms with Gasteiger partial charge in [0, 0.05) is 11.8 Å². The number of aliphatic hydroxyl groups is 1. The molecule has 0 aromatic heterocycles. The number of hydrogen-bond donors (Lipinski definition) is 1. The second-order valence-electron chi connectivity index (χ2n) is 8.56. The van der Waals surface area contributed by atoms with Crippen molar-refractivity contribution in [3.05, 3.63) is 23.5 Å². The maximum absolute atomic E-state index is 11.0. The minimum atomic E-state index is -0.888. The third-order valence-corrected chi connectivity index (χ3v) is 7.81. The monoisotopic (exact) mass is 326 g/mol. The van der Waals surface area contributed by atoms with Crippen molar-refractivity contribution < 1.29 is 9.84 Å². The summed E-state index contributed by atoms with van der Waals surface area (Å²) in [6.45, 7) is 5.09. The highest BCUT2D eigenvalue weighted by Gasteiger charge is 2.61. The number of rotatable bonds is 2. The van der Waals surface area contributed by atoms with Crippen LogP contribution in [0.1, 0.15) is 58.8 Å². The maximum atomic E-state index is 11.0. The van der Waals surface area contributed by atoms with Crippen molar-refractivity contribution in [1.82, 2.24) is 0 Å². The van der Waals surface area contributed by atoms with E-state index >= 15 is 0 Å². The molecule has 4 aliphatic carbocycles. The average molecular weight is 326 g/mol. The van der Waals surface area contributed by atoms with Gasteiger partial charge in [0.15, 0.2) is 0 Å². The second kappa shape index (κ2) is 5.67. The third-order valence-electron chi connectivity index (χ3n) is 7.81. The topological polar surface area (TPSA) is 29.5 Å². The van der Waals surface area contributed by atoms with Crippen molar-refractivity contribution in [2.75, 3.05) is 6.61 Å². The van der Waals surface area contributed by atoms with Crippen LogP contribution >= 0.6 is 0 Å². The van der Waals surface area contributed by atoms with Gasteiger partial charge in [-0.2, -0.15) is 0 Å². The van der Waals surface area contributed by atoms with Crippen molar-refractivity contribution in [3.8, 4) is 12.3 Å². The number of allylic oxidation sites excluding steroid dienone is 4. The van der Waals surface area contributed by atoms with Gasteiger partial charge in [0.25, 0.3) is 0 Å². The van der Waals surface area contributed by atoms with Gasteiger partial charge in [-0.3, -0.25) is 0 Å². The van der Waals surface area contributed by atoms with E-state index in [4.69, 9.17) is 11.2 Å². The van der Waals surface area contributed by atoms with Gasteiger partial charge >= 0.3 is 0 Å². The van der Waals surface area contributed by atoms with Crippen LogP contribution in [-0.2, 0) is 4.74 Å². The van der Waals surface area contributed by atoms with Gasteiger partial charge in [0.05, 0.1) is 12.4 Å². The van der Waals surface area contributed by atoms with Crippen LogP contribution in [0.25, 0.3) is 0 Å². The summed E-state index contributed by atoms with van der Waals surface area (Å²) in [5.41, 5.74) is 0.538. The van der Waals surface area contributed by atoms with Crippen molar-refractivity contribution in [1.29, 1.82) is 0 Å². The molecule has 2 nitrogen and oxygen atoms in total. The lowest BCUT2D eigenvalue weighted by Crippen LogP contribution is -2.51. The Morgan fingerprint density at radius 3 is 2.88 bits per heavy atom. The summed E-state index contributed by atoms with van der Waals surface area (Å²) in [5.74, 6) is 6.66. The lowest BCUT2D eigenvalue weighted by atomic mass is 9.51. The first-order chi connectivity index (χ1) is 11.5. The van der Waals surface area contributed by atoms with E-state index in [-0.39, 0.29) is 5.41 Å². The Hall–Kier alpha value is -1.20. The van der Waals surface area contributed by atoms with Crippen molar-refractivity contribution >= 4 is 0 Å². The van der Waals surface area contributed by atoms with Gasteiger partial charge in [0.2, 0.25) is 0 Å². The highest BCUT2D eigenvalue weighted by atomic mass is 16.5. The van der Waals surface area contributed by atoms with E-state index in [9.17, 15) is 5.11 Å². The molecule has 4 rings (SSSR count). The molecule has 0 aliphatic heterocycles. The summed E-state index contributed by atoms with van der Waals surface area (Å²) in [4.78, 5) is 0. The molecule has 0 amide bonds. The molecule has 4 aliphatic rings. The highest BCUT2D eigenvalue weighted by molar-refractivity contribution is 5.32. The minimum absolute atomic E-state index is 0.0880. The first-order valence-electron chi connectivity index (χ1n) is 9.76. The predicted octanol–water partition coefficient (Wildman–Crippen LogP) is 4.45. The van der Waals surface area contributed by atoms with Crippen LogP contribution < -0.4 is 0 Å². The molecule has 0 saturated heterocycles. The Morgan fingerprint density at radius 2 is 2.12 bits per heavy atom. The predicted molar refractivity (Wildman–Crippen MR) is 96.0 cm³/mol. The molecular formula is C22H30O2. The largest absolute Gasteiger partial charge is 0.498 e. The van der Waals surface area contributed by atoms with Crippen LogP contribution in [-0.4, -0.2) is 17.3 Å². The van der Waals surface area contributed by atoms with Crippen molar-refractivity contribution in [2.45, 2.75) is 64.4 Å². The zero-order valence-electron chi connectivity index (χ0n) is 15.1. The molecule has 0 aromatic rings. The summed E-state index contributed by atoms with van der Waals surface area (Å²) in [6.07, 6.45) is 18.1. The molecule has 6 unspecified atom stereocenters. The van der Waals surface area contributed by atoms with Crippen molar-refractivity contribution in [2.24, 2.45) is 29.1 Å². The lowest BCUT2D eigenvalue weighted by Gasteiger charge is -2.53. The molecule has 0 bridgehead atoms. The summed E-state index contributed by atoms with van der Waals surface area (Å²) >= 11 is 0. The van der Waals surface area contributed by atoms with Gasteiger partial charge in [-0.15, -0.1) is 6.42 Å². The Kier molecular flexibility index (Phi) is 3.84. The van der Waals surface area contributed by atoms with Gasteiger partial charge in [-0.05, 0) is 80.8 Å². The quantitative estimate of drug-likeness (QED) is 0.760. The molecule has 2 saturated carbocycles. The zero-order valence-corrected chi connectivity index (χ0v) is 15.1. The van der Waals surface area contributed by atoms with Gasteiger partial charge in [0.1, 0.15) is 5.60 Å². The van der Waals surface area contributed by atoms with E-state index < -0.39 is 5.60 Å². The average Bonchev–Trinajstić information content (AvgIpc) is 2.87.